The van der Waals surface area contributed by atoms with E-state index in [4.69, 9.17) is 0 Å². The van der Waals surface area contributed by atoms with Gasteiger partial charge in [0.1, 0.15) is 5.78 Å². The van der Waals surface area contributed by atoms with E-state index in [1.54, 1.807) is 0 Å². The summed E-state index contributed by atoms with van der Waals surface area (Å²) >= 11 is 0. The lowest BCUT2D eigenvalue weighted by molar-refractivity contribution is -0.122. The van der Waals surface area contributed by atoms with Crippen LogP contribution in [-0.4, -0.2) is 11.8 Å². The number of rotatable bonds is 1. The Morgan fingerprint density at radius 2 is 1.76 bits per heavy atom. The Morgan fingerprint density at radius 3 is 2.35 bits per heavy atom. The van der Waals surface area contributed by atoms with Crippen molar-refractivity contribution in [2.45, 2.75) is 45.7 Å². The second kappa shape index (κ2) is 4.61. The Bertz CT molecular complexity index is 391. The predicted octanol–water partition coefficient (Wildman–Crippen LogP) is 3.09. The normalized spacial score (nSPS) is 25.9. The first kappa shape index (κ1) is 12.3. The molecule has 17 heavy (non-hydrogen) atoms. The molecule has 1 saturated heterocycles. The third-order valence-electron chi connectivity index (χ3n) is 3.51. The standard InChI is InChI=1S/C15H21NO/c1-15(2,3)14-10-12(17)9-13(16-14)11-7-5-4-6-8-11/h4-8,13-14,16H,9-10H2,1-3H3/t13-,14+/m0/s1. The highest BCUT2D eigenvalue weighted by atomic mass is 16.1. The van der Waals surface area contributed by atoms with Crippen LogP contribution in [0.25, 0.3) is 0 Å². The first-order valence-electron chi connectivity index (χ1n) is 6.29. The van der Waals surface area contributed by atoms with Crippen molar-refractivity contribution in [2.75, 3.05) is 0 Å². The van der Waals surface area contributed by atoms with Gasteiger partial charge in [-0.25, -0.2) is 0 Å². The molecule has 0 unspecified atom stereocenters. The first-order valence-corrected chi connectivity index (χ1v) is 6.29. The van der Waals surface area contributed by atoms with Crippen LogP contribution in [0.15, 0.2) is 30.3 Å². The Kier molecular flexibility index (Phi) is 3.34. The highest BCUT2D eigenvalue weighted by Gasteiger charge is 2.34. The highest BCUT2D eigenvalue weighted by Crippen LogP contribution is 2.31. The molecule has 0 aliphatic carbocycles. The highest BCUT2D eigenvalue weighted by molar-refractivity contribution is 5.80. The summed E-state index contributed by atoms with van der Waals surface area (Å²) in [5.41, 5.74) is 1.35. The molecule has 2 atom stereocenters. The number of carbonyl (C=O) groups excluding carboxylic acids is 1. The molecule has 92 valence electrons. The molecule has 0 radical (unpaired) electrons. The Balaban J connectivity index is 2.17. The van der Waals surface area contributed by atoms with Gasteiger partial charge >= 0.3 is 0 Å². The summed E-state index contributed by atoms with van der Waals surface area (Å²) < 4.78 is 0. The van der Waals surface area contributed by atoms with E-state index in [-0.39, 0.29) is 17.5 Å². The SMILES string of the molecule is CC(C)(C)[C@H]1CC(=O)C[C@@H](c2ccccc2)N1. The molecule has 1 aliphatic heterocycles. The number of hydrogen-bond acceptors (Lipinski definition) is 2. The largest absolute Gasteiger partial charge is 0.306 e. The molecule has 0 saturated carbocycles. The molecule has 1 aromatic carbocycles. The van der Waals surface area contributed by atoms with Crippen LogP contribution in [0.4, 0.5) is 0 Å². The van der Waals surface area contributed by atoms with Crippen LogP contribution in [0, 0.1) is 5.41 Å². The Labute approximate surface area is 103 Å². The fourth-order valence-electron chi connectivity index (χ4n) is 2.35. The second-order valence-electron chi connectivity index (χ2n) is 6.00. The van der Waals surface area contributed by atoms with Crippen LogP contribution in [-0.2, 0) is 4.79 Å². The fourth-order valence-corrected chi connectivity index (χ4v) is 2.35. The van der Waals surface area contributed by atoms with Gasteiger partial charge in [0.15, 0.2) is 0 Å². The average molecular weight is 231 g/mol. The van der Waals surface area contributed by atoms with Crippen molar-refractivity contribution in [1.82, 2.24) is 5.32 Å². The second-order valence-corrected chi connectivity index (χ2v) is 6.00. The maximum atomic E-state index is 11.9. The Morgan fingerprint density at radius 1 is 1.12 bits per heavy atom. The van der Waals surface area contributed by atoms with Gasteiger partial charge in [0, 0.05) is 24.9 Å². The molecule has 1 heterocycles. The fraction of sp³-hybridized carbons (Fsp3) is 0.533. The van der Waals surface area contributed by atoms with Crippen LogP contribution in [0.3, 0.4) is 0 Å². The van der Waals surface area contributed by atoms with Crippen molar-refractivity contribution in [3.05, 3.63) is 35.9 Å². The van der Waals surface area contributed by atoms with Crippen molar-refractivity contribution in [1.29, 1.82) is 0 Å². The maximum Gasteiger partial charge on any atom is 0.136 e. The zero-order valence-corrected chi connectivity index (χ0v) is 10.9. The number of hydrogen-bond donors (Lipinski definition) is 1. The molecule has 1 N–H and O–H groups in total. The zero-order chi connectivity index (χ0) is 12.5. The topological polar surface area (TPSA) is 29.1 Å². The van der Waals surface area contributed by atoms with E-state index in [9.17, 15) is 4.79 Å². The molecule has 1 fully saturated rings. The number of carbonyl (C=O) groups is 1. The molecule has 1 aromatic rings. The number of Topliss-reactive ketones (excluding diaryl/α,β-unsaturated/α-hetero) is 1. The summed E-state index contributed by atoms with van der Waals surface area (Å²) in [6.07, 6.45) is 1.28. The van der Waals surface area contributed by atoms with Crippen LogP contribution >= 0.6 is 0 Å². The van der Waals surface area contributed by atoms with Crippen molar-refractivity contribution in [3.63, 3.8) is 0 Å². The van der Waals surface area contributed by atoms with Gasteiger partial charge in [-0.2, -0.15) is 0 Å². The van der Waals surface area contributed by atoms with Crippen molar-refractivity contribution in [2.24, 2.45) is 5.41 Å². The van der Waals surface area contributed by atoms with E-state index < -0.39 is 0 Å². The van der Waals surface area contributed by atoms with Gasteiger partial charge in [0.25, 0.3) is 0 Å². The summed E-state index contributed by atoms with van der Waals surface area (Å²) in [5, 5.41) is 3.62. The van der Waals surface area contributed by atoms with E-state index in [0.29, 0.717) is 18.6 Å². The minimum absolute atomic E-state index is 0.128. The summed E-state index contributed by atoms with van der Waals surface area (Å²) in [4.78, 5) is 11.9. The third kappa shape index (κ3) is 2.95. The summed E-state index contributed by atoms with van der Waals surface area (Å²) in [5.74, 6) is 0.373. The first-order chi connectivity index (χ1) is 7.97. The van der Waals surface area contributed by atoms with Gasteiger partial charge < -0.3 is 5.32 Å². The summed E-state index contributed by atoms with van der Waals surface area (Å²) in [7, 11) is 0. The van der Waals surface area contributed by atoms with Crippen LogP contribution < -0.4 is 5.32 Å². The van der Waals surface area contributed by atoms with Crippen LogP contribution in [0.5, 0.6) is 0 Å². The number of ketones is 1. The van der Waals surface area contributed by atoms with Gasteiger partial charge in [-0.3, -0.25) is 4.79 Å². The predicted molar refractivity (Wildman–Crippen MR) is 69.8 cm³/mol. The average Bonchev–Trinajstić information content (AvgIpc) is 2.28. The lowest BCUT2D eigenvalue weighted by Crippen LogP contribution is -2.47. The minimum atomic E-state index is 0.128. The number of benzene rings is 1. The quantitative estimate of drug-likeness (QED) is 0.804. The van der Waals surface area contributed by atoms with Crippen molar-refractivity contribution in [3.8, 4) is 0 Å². The molecule has 0 amide bonds. The molecule has 0 aromatic heterocycles. The number of nitrogens with one attached hydrogen (secondary N) is 1. The number of piperidine rings is 1. The lowest BCUT2D eigenvalue weighted by atomic mass is 9.79. The monoisotopic (exact) mass is 231 g/mol. The molecular weight excluding hydrogens is 210 g/mol. The van der Waals surface area contributed by atoms with Crippen molar-refractivity contribution >= 4 is 5.78 Å². The summed E-state index contributed by atoms with van der Waals surface area (Å²) in [6.45, 7) is 6.56. The molecule has 2 heteroatoms. The minimum Gasteiger partial charge on any atom is -0.306 e. The van der Waals surface area contributed by atoms with Gasteiger partial charge in [-0.15, -0.1) is 0 Å². The van der Waals surface area contributed by atoms with Crippen LogP contribution in [0.1, 0.15) is 45.2 Å². The molecule has 2 rings (SSSR count). The molecular formula is C15H21NO. The Hall–Kier alpha value is -1.15. The van der Waals surface area contributed by atoms with Gasteiger partial charge in [-0.05, 0) is 11.0 Å². The zero-order valence-electron chi connectivity index (χ0n) is 10.9. The maximum absolute atomic E-state index is 11.9. The van der Waals surface area contributed by atoms with E-state index >= 15 is 0 Å². The van der Waals surface area contributed by atoms with E-state index in [2.05, 4.69) is 38.2 Å². The molecule has 1 aliphatic rings. The van der Waals surface area contributed by atoms with E-state index in [1.165, 1.54) is 5.56 Å². The smallest absolute Gasteiger partial charge is 0.136 e. The molecule has 2 nitrogen and oxygen atoms in total. The van der Waals surface area contributed by atoms with Gasteiger partial charge in [0.05, 0.1) is 0 Å². The summed E-state index contributed by atoms with van der Waals surface area (Å²) in [6, 6.07) is 10.7. The molecule has 0 spiro atoms. The lowest BCUT2D eigenvalue weighted by Gasteiger charge is -2.38. The van der Waals surface area contributed by atoms with Gasteiger partial charge in [0.2, 0.25) is 0 Å². The van der Waals surface area contributed by atoms with Gasteiger partial charge in [-0.1, -0.05) is 51.1 Å². The van der Waals surface area contributed by atoms with E-state index in [0.717, 1.165) is 0 Å². The van der Waals surface area contributed by atoms with E-state index in [1.807, 2.05) is 18.2 Å². The van der Waals surface area contributed by atoms with Crippen LogP contribution in [0.2, 0.25) is 0 Å². The van der Waals surface area contributed by atoms with Crippen molar-refractivity contribution < 1.29 is 4.79 Å². The molecule has 0 bridgehead atoms. The third-order valence-corrected chi connectivity index (χ3v) is 3.51.